The molecule has 0 atom stereocenters. The smallest absolute Gasteiger partial charge is 0.276 e. The number of hydrogen-bond donors (Lipinski definition) is 0. The lowest BCUT2D eigenvalue weighted by molar-refractivity contribution is -0.385. The fraction of sp³-hybridized carbons (Fsp3) is 0.250. The molecule has 0 unspecified atom stereocenters. The van der Waals surface area contributed by atoms with E-state index in [1.165, 1.54) is 6.07 Å². The molecule has 0 heterocycles. The summed E-state index contributed by atoms with van der Waals surface area (Å²) in [4.78, 5) is 9.63. The molecular formula is C8H8FNO3. The number of rotatable bonds is 3. The van der Waals surface area contributed by atoms with E-state index in [2.05, 4.69) is 0 Å². The molecule has 0 N–H and O–H groups in total. The minimum absolute atomic E-state index is 0.175. The number of non-ortho nitro benzene ring substituents is 1. The lowest BCUT2D eigenvalue weighted by Crippen LogP contribution is -1.94. The Labute approximate surface area is 74.1 Å². The van der Waals surface area contributed by atoms with E-state index in [-0.39, 0.29) is 11.4 Å². The van der Waals surface area contributed by atoms with E-state index in [0.29, 0.717) is 6.61 Å². The van der Waals surface area contributed by atoms with Gasteiger partial charge in [0.05, 0.1) is 23.7 Å². The second-order valence-corrected chi connectivity index (χ2v) is 2.34. The van der Waals surface area contributed by atoms with Crippen LogP contribution in [0.4, 0.5) is 10.1 Å². The molecule has 0 aromatic heterocycles. The molecule has 0 amide bonds. The highest BCUT2D eigenvalue weighted by Gasteiger charge is 2.09. The first-order valence-electron chi connectivity index (χ1n) is 3.71. The van der Waals surface area contributed by atoms with Gasteiger partial charge in [-0.25, -0.2) is 4.39 Å². The number of halogens is 1. The van der Waals surface area contributed by atoms with Crippen molar-refractivity contribution in [1.29, 1.82) is 0 Å². The van der Waals surface area contributed by atoms with Gasteiger partial charge in [-0.05, 0) is 6.92 Å². The van der Waals surface area contributed by atoms with E-state index in [1.807, 2.05) is 0 Å². The van der Waals surface area contributed by atoms with Gasteiger partial charge in [-0.2, -0.15) is 0 Å². The third-order valence-electron chi connectivity index (χ3n) is 1.38. The molecule has 0 aliphatic rings. The van der Waals surface area contributed by atoms with Crippen LogP contribution in [0, 0.1) is 15.9 Å². The highest BCUT2D eigenvalue weighted by atomic mass is 19.1. The first-order valence-corrected chi connectivity index (χ1v) is 3.71. The first kappa shape index (κ1) is 9.44. The van der Waals surface area contributed by atoms with Crippen molar-refractivity contribution in [2.45, 2.75) is 6.92 Å². The Hall–Kier alpha value is -1.65. The summed E-state index contributed by atoms with van der Waals surface area (Å²) in [5, 5.41) is 10.3. The van der Waals surface area contributed by atoms with Gasteiger partial charge in [0.15, 0.2) is 0 Å². The van der Waals surface area contributed by atoms with Crippen molar-refractivity contribution < 1.29 is 14.1 Å². The van der Waals surface area contributed by atoms with E-state index in [9.17, 15) is 14.5 Å². The van der Waals surface area contributed by atoms with Crippen LogP contribution in [0.5, 0.6) is 5.75 Å². The molecule has 4 nitrogen and oxygen atoms in total. The molecule has 0 radical (unpaired) electrons. The normalized spacial score (nSPS) is 9.69. The van der Waals surface area contributed by atoms with Gasteiger partial charge in [0.25, 0.3) is 5.69 Å². The monoisotopic (exact) mass is 185 g/mol. The zero-order chi connectivity index (χ0) is 9.84. The number of benzene rings is 1. The first-order chi connectivity index (χ1) is 6.13. The maximum Gasteiger partial charge on any atom is 0.276 e. The Balaban J connectivity index is 3.03. The van der Waals surface area contributed by atoms with Crippen molar-refractivity contribution >= 4 is 5.69 Å². The summed E-state index contributed by atoms with van der Waals surface area (Å²) >= 11 is 0. The van der Waals surface area contributed by atoms with Crippen LogP contribution in [0.3, 0.4) is 0 Å². The van der Waals surface area contributed by atoms with Crippen LogP contribution >= 0.6 is 0 Å². The number of nitro groups is 1. The highest BCUT2D eigenvalue weighted by molar-refractivity contribution is 5.38. The largest absolute Gasteiger partial charge is 0.494 e. The predicted molar refractivity (Wildman–Crippen MR) is 44.2 cm³/mol. The quantitative estimate of drug-likeness (QED) is 0.535. The minimum Gasteiger partial charge on any atom is -0.494 e. The molecule has 0 spiro atoms. The fourth-order valence-corrected chi connectivity index (χ4v) is 0.903. The molecule has 1 rings (SSSR count). The van der Waals surface area contributed by atoms with Crippen LogP contribution in [0.25, 0.3) is 0 Å². The summed E-state index contributed by atoms with van der Waals surface area (Å²) < 4.78 is 17.7. The van der Waals surface area contributed by atoms with Gasteiger partial charge in [0.1, 0.15) is 11.6 Å². The third kappa shape index (κ3) is 2.40. The van der Waals surface area contributed by atoms with Crippen molar-refractivity contribution in [1.82, 2.24) is 0 Å². The molecule has 0 saturated heterocycles. The molecule has 1 aromatic rings. The SMILES string of the molecule is CCOc1cc(F)cc([N+](=O)[O-])c1. The number of ether oxygens (including phenoxy) is 1. The Morgan fingerprint density at radius 3 is 2.77 bits per heavy atom. The van der Waals surface area contributed by atoms with Crippen molar-refractivity contribution in [3.05, 3.63) is 34.1 Å². The van der Waals surface area contributed by atoms with Crippen LogP contribution in [0.2, 0.25) is 0 Å². The number of nitro benzene ring substituents is 1. The lowest BCUT2D eigenvalue weighted by Gasteiger charge is -2.01. The maximum atomic E-state index is 12.7. The van der Waals surface area contributed by atoms with E-state index in [4.69, 9.17) is 4.74 Å². The maximum absolute atomic E-state index is 12.7. The summed E-state index contributed by atoms with van der Waals surface area (Å²) in [5.41, 5.74) is -0.302. The minimum atomic E-state index is -0.669. The van der Waals surface area contributed by atoms with E-state index >= 15 is 0 Å². The van der Waals surface area contributed by atoms with Crippen molar-refractivity contribution in [3.8, 4) is 5.75 Å². The van der Waals surface area contributed by atoms with E-state index in [0.717, 1.165) is 12.1 Å². The van der Waals surface area contributed by atoms with Crippen molar-refractivity contribution in [2.24, 2.45) is 0 Å². The van der Waals surface area contributed by atoms with Crippen LogP contribution in [-0.2, 0) is 0 Å². The zero-order valence-electron chi connectivity index (χ0n) is 6.99. The topological polar surface area (TPSA) is 52.4 Å². The molecule has 13 heavy (non-hydrogen) atoms. The molecule has 5 heteroatoms. The Morgan fingerprint density at radius 2 is 2.23 bits per heavy atom. The highest BCUT2D eigenvalue weighted by Crippen LogP contribution is 2.21. The number of nitrogens with zero attached hydrogens (tertiary/aromatic N) is 1. The fourth-order valence-electron chi connectivity index (χ4n) is 0.903. The van der Waals surface area contributed by atoms with Crippen molar-refractivity contribution in [2.75, 3.05) is 6.61 Å². The molecule has 0 saturated carbocycles. The van der Waals surface area contributed by atoms with Gasteiger partial charge in [-0.3, -0.25) is 10.1 Å². The Morgan fingerprint density at radius 1 is 1.54 bits per heavy atom. The average molecular weight is 185 g/mol. The van der Waals surface area contributed by atoms with Gasteiger partial charge >= 0.3 is 0 Å². The predicted octanol–water partition coefficient (Wildman–Crippen LogP) is 2.13. The molecule has 1 aromatic carbocycles. The van der Waals surface area contributed by atoms with Crippen LogP contribution in [0.1, 0.15) is 6.92 Å². The Bertz CT molecular complexity index is 327. The summed E-state index contributed by atoms with van der Waals surface area (Å²) in [6.45, 7) is 2.07. The zero-order valence-corrected chi connectivity index (χ0v) is 6.99. The summed E-state index contributed by atoms with van der Waals surface area (Å²) in [6.07, 6.45) is 0. The van der Waals surface area contributed by atoms with Crippen LogP contribution in [-0.4, -0.2) is 11.5 Å². The van der Waals surface area contributed by atoms with Crippen LogP contribution < -0.4 is 4.74 Å². The molecule has 0 bridgehead atoms. The van der Waals surface area contributed by atoms with Gasteiger partial charge in [0.2, 0.25) is 0 Å². The second kappa shape index (κ2) is 3.84. The van der Waals surface area contributed by atoms with Crippen molar-refractivity contribution in [3.63, 3.8) is 0 Å². The molecule has 0 aliphatic carbocycles. The van der Waals surface area contributed by atoms with Gasteiger partial charge < -0.3 is 4.74 Å². The van der Waals surface area contributed by atoms with E-state index in [1.54, 1.807) is 6.92 Å². The van der Waals surface area contributed by atoms with Gasteiger partial charge in [0, 0.05) is 6.07 Å². The Kier molecular flexibility index (Phi) is 2.79. The lowest BCUT2D eigenvalue weighted by atomic mass is 10.3. The van der Waals surface area contributed by atoms with Gasteiger partial charge in [-0.15, -0.1) is 0 Å². The standard InChI is InChI=1S/C8H8FNO3/c1-2-13-8-4-6(9)3-7(5-8)10(11)12/h3-5H,2H2,1H3. The van der Waals surface area contributed by atoms with Gasteiger partial charge in [-0.1, -0.05) is 0 Å². The summed E-state index contributed by atoms with van der Waals surface area (Å²) in [7, 11) is 0. The van der Waals surface area contributed by atoms with E-state index < -0.39 is 10.7 Å². The molecular weight excluding hydrogens is 177 g/mol. The molecule has 0 fully saturated rings. The molecule has 0 aliphatic heterocycles. The third-order valence-corrected chi connectivity index (χ3v) is 1.38. The average Bonchev–Trinajstić information content (AvgIpc) is 2.03. The van der Waals surface area contributed by atoms with Crippen LogP contribution in [0.15, 0.2) is 18.2 Å². The summed E-state index contributed by atoms with van der Waals surface area (Å²) in [5.74, 6) is -0.494. The second-order valence-electron chi connectivity index (χ2n) is 2.34. The number of hydrogen-bond acceptors (Lipinski definition) is 3. The molecule has 70 valence electrons. The summed E-state index contributed by atoms with van der Waals surface area (Å²) in [6, 6.07) is 3.14.